The molecule has 0 unspecified atom stereocenters. The van der Waals surface area contributed by atoms with Gasteiger partial charge in [0.15, 0.2) is 5.58 Å². The first-order chi connectivity index (χ1) is 58.1. The smallest absolute Gasteiger partial charge is 0.159 e. The van der Waals surface area contributed by atoms with E-state index in [9.17, 15) is 0 Å². The average Bonchev–Trinajstić information content (AvgIpc) is 1.57. The largest absolute Gasteiger partial charge is 0.456 e. The molecule has 9 aromatic heterocycles. The van der Waals surface area contributed by atoms with Gasteiger partial charge in [0.1, 0.15) is 16.7 Å². The first-order valence-electron chi connectivity index (χ1n) is 39.9. The molecular formula is C108H66N6O2S. The number of hydrogen-bond donors (Lipinski definition) is 0. The van der Waals surface area contributed by atoms with E-state index in [1.165, 1.54) is 163 Å². The molecule has 0 radical (unpaired) electrons. The first-order valence-corrected chi connectivity index (χ1v) is 40.7. The van der Waals surface area contributed by atoms with E-state index in [0.29, 0.717) is 0 Å². The van der Waals surface area contributed by atoms with E-state index in [1.807, 2.05) is 35.6 Å². The highest BCUT2D eigenvalue weighted by Gasteiger charge is 2.24. The predicted octanol–water partition coefficient (Wildman–Crippen LogP) is 29.8. The summed E-state index contributed by atoms with van der Waals surface area (Å²) in [5, 5.41) is 22.3. The molecule has 0 fully saturated rings. The number of rotatable bonds is 6. The quantitative estimate of drug-likeness (QED) is 0.167. The Kier molecular flexibility index (Phi) is 14.2. The summed E-state index contributed by atoms with van der Waals surface area (Å²) in [7, 11) is 0. The van der Waals surface area contributed by atoms with Crippen LogP contribution in [0.1, 0.15) is 0 Å². The zero-order valence-corrected chi connectivity index (χ0v) is 63.8. The highest BCUT2D eigenvalue weighted by molar-refractivity contribution is 7.25. The lowest BCUT2D eigenvalue weighted by Crippen LogP contribution is -1.96. The minimum absolute atomic E-state index is 0.910. The van der Waals surface area contributed by atoms with Crippen LogP contribution in [-0.4, -0.2) is 27.4 Å². The number of para-hydroxylation sites is 12. The van der Waals surface area contributed by atoms with Gasteiger partial charge in [0.25, 0.3) is 0 Å². The van der Waals surface area contributed by atoms with Crippen molar-refractivity contribution in [1.29, 1.82) is 0 Å². The topological polar surface area (TPSA) is 55.9 Å². The Morgan fingerprint density at radius 3 is 0.821 bits per heavy atom. The van der Waals surface area contributed by atoms with Crippen LogP contribution in [-0.2, 0) is 0 Å². The molecule has 9 heteroatoms. The van der Waals surface area contributed by atoms with Gasteiger partial charge in [-0.25, -0.2) is 0 Å². The zero-order valence-electron chi connectivity index (χ0n) is 63.0. The minimum atomic E-state index is 0.910. The van der Waals surface area contributed by atoms with E-state index in [4.69, 9.17) is 8.83 Å². The molecule has 0 saturated carbocycles. The summed E-state index contributed by atoms with van der Waals surface area (Å²) in [5.74, 6) is 0. The van der Waals surface area contributed by atoms with E-state index in [2.05, 4.69) is 404 Å². The molecule has 117 heavy (non-hydrogen) atoms. The van der Waals surface area contributed by atoms with E-state index < -0.39 is 0 Å². The second kappa shape index (κ2) is 25.5. The van der Waals surface area contributed by atoms with Gasteiger partial charge in [-0.15, -0.1) is 11.3 Å². The summed E-state index contributed by atoms with van der Waals surface area (Å²) in [5.41, 5.74) is 25.0. The number of aromatic nitrogens is 6. The summed E-state index contributed by atoms with van der Waals surface area (Å²) < 4.78 is 29.6. The molecule has 0 aliphatic rings. The van der Waals surface area contributed by atoms with Gasteiger partial charge >= 0.3 is 0 Å². The molecule has 18 aromatic carbocycles. The molecule has 8 nitrogen and oxygen atoms in total. The molecule has 27 rings (SSSR count). The average molecular weight is 1510 g/mol. The monoisotopic (exact) mass is 1510 g/mol. The Hall–Kier alpha value is -15.4. The fraction of sp³-hybridized carbons (Fsp3) is 0. The van der Waals surface area contributed by atoms with Crippen molar-refractivity contribution in [1.82, 2.24) is 27.4 Å². The number of thiophene rings is 1. The van der Waals surface area contributed by atoms with E-state index in [1.54, 1.807) is 0 Å². The molecule has 0 amide bonds. The zero-order chi connectivity index (χ0) is 76.5. The third-order valence-corrected chi connectivity index (χ3v) is 25.5. The van der Waals surface area contributed by atoms with Crippen LogP contribution in [0.4, 0.5) is 0 Å². The lowest BCUT2D eigenvalue weighted by molar-refractivity contribution is 0.666. The molecular weight excluding hydrogens is 1450 g/mol. The molecule has 27 aromatic rings. The third-order valence-electron chi connectivity index (χ3n) is 24.3. The van der Waals surface area contributed by atoms with Crippen molar-refractivity contribution in [3.63, 3.8) is 0 Å². The standard InChI is InChI=1S/2C36H22N2O.C36H22N2S/c1-5-15-30-24(10-1)25-11-2-6-16-31(25)37(30)23-20-21-33-29(22-23)26-12-3-7-17-32(26)38(33)34-18-9-14-28-27-13-4-8-19-35(27)39-36(28)34;2*1-5-13-31-25(9-1)26-10-2-6-14-32(26)37(31)23-17-19-34-29(21-23)27-11-3-7-15-33(27)38(34)24-18-20-36-30(22-24)28-12-4-8-16-35(28)39-36/h3*1-22H. The van der Waals surface area contributed by atoms with Crippen molar-refractivity contribution in [2.24, 2.45) is 0 Å². The molecule has 0 bridgehead atoms. The van der Waals surface area contributed by atoms with Crippen molar-refractivity contribution in [2.45, 2.75) is 0 Å². The maximum absolute atomic E-state index is 6.46. The summed E-state index contributed by atoms with van der Waals surface area (Å²) in [6.45, 7) is 0. The van der Waals surface area contributed by atoms with Gasteiger partial charge in [-0.2, -0.15) is 0 Å². The Balaban J connectivity index is 0.0000000980. The van der Waals surface area contributed by atoms with Crippen LogP contribution >= 0.6 is 11.3 Å². The fourth-order valence-electron chi connectivity index (χ4n) is 19.3. The highest BCUT2D eigenvalue weighted by atomic mass is 32.1. The van der Waals surface area contributed by atoms with Crippen molar-refractivity contribution in [3.8, 4) is 34.1 Å². The van der Waals surface area contributed by atoms with Gasteiger partial charge in [0.2, 0.25) is 0 Å². The van der Waals surface area contributed by atoms with Gasteiger partial charge in [0.05, 0.1) is 71.9 Å². The molecule has 0 atom stereocenters. The Bertz CT molecular complexity index is 8310. The van der Waals surface area contributed by atoms with Crippen molar-refractivity contribution >= 4 is 206 Å². The molecule has 0 saturated heterocycles. The lowest BCUT2D eigenvalue weighted by atomic mass is 10.1. The fourth-order valence-corrected chi connectivity index (χ4v) is 20.4. The molecule has 546 valence electrons. The lowest BCUT2D eigenvalue weighted by Gasteiger charge is -2.10. The van der Waals surface area contributed by atoms with Crippen LogP contribution < -0.4 is 0 Å². The van der Waals surface area contributed by atoms with Crippen molar-refractivity contribution in [2.75, 3.05) is 0 Å². The van der Waals surface area contributed by atoms with Gasteiger partial charge in [-0.05, 0) is 170 Å². The van der Waals surface area contributed by atoms with Gasteiger partial charge in [-0.3, -0.25) is 0 Å². The van der Waals surface area contributed by atoms with Gasteiger partial charge in [0, 0.05) is 135 Å². The van der Waals surface area contributed by atoms with Crippen LogP contribution in [0.2, 0.25) is 0 Å². The maximum atomic E-state index is 6.46. The second-order valence-electron chi connectivity index (χ2n) is 30.6. The summed E-state index contributed by atoms with van der Waals surface area (Å²) in [4.78, 5) is 0. The first kappa shape index (κ1) is 65.2. The van der Waals surface area contributed by atoms with Crippen molar-refractivity contribution < 1.29 is 8.83 Å². The second-order valence-corrected chi connectivity index (χ2v) is 31.7. The number of nitrogens with zero attached hydrogens (tertiary/aromatic N) is 6. The Morgan fingerprint density at radius 1 is 0.154 bits per heavy atom. The van der Waals surface area contributed by atoms with Crippen LogP contribution in [0.3, 0.4) is 0 Å². The normalized spacial score (nSPS) is 12.1. The summed E-state index contributed by atoms with van der Waals surface area (Å²) in [6.07, 6.45) is 0. The van der Waals surface area contributed by atoms with Gasteiger partial charge in [-0.1, -0.05) is 231 Å². The van der Waals surface area contributed by atoms with E-state index >= 15 is 0 Å². The Labute approximate surface area is 672 Å². The number of fused-ring (bicyclic) bond motifs is 27. The number of benzene rings is 18. The molecule has 9 heterocycles. The van der Waals surface area contributed by atoms with E-state index in [0.717, 1.165) is 66.5 Å². The molecule has 0 N–H and O–H groups in total. The number of hydrogen-bond acceptors (Lipinski definition) is 3. The molecule has 0 aliphatic heterocycles. The SMILES string of the molecule is c1ccc2c(c1)oc1c(-n3c4ccccc4c4cc(-n5c6ccccc6c6ccccc65)ccc43)cccc12.c1ccc2c(c1)oc1ccc(-n3c4ccccc4c4cc(-n5c6ccccc6c6ccccc65)ccc43)cc12.c1ccc2c(c1)sc1ccc(-n3c4ccccc4c4cc(-n5c6ccccc6c6ccccc65)ccc43)cc12. The Morgan fingerprint density at radius 2 is 0.410 bits per heavy atom. The predicted molar refractivity (Wildman–Crippen MR) is 493 cm³/mol. The highest BCUT2D eigenvalue weighted by Crippen LogP contribution is 2.45. The van der Waals surface area contributed by atoms with Crippen LogP contribution in [0.25, 0.3) is 229 Å². The third kappa shape index (κ3) is 9.81. The van der Waals surface area contributed by atoms with Crippen LogP contribution in [0, 0.1) is 0 Å². The van der Waals surface area contributed by atoms with E-state index in [-0.39, 0.29) is 0 Å². The maximum Gasteiger partial charge on any atom is 0.159 e. The van der Waals surface area contributed by atoms with Crippen LogP contribution in [0.15, 0.2) is 409 Å². The molecule has 0 spiro atoms. The molecule has 0 aliphatic carbocycles. The summed E-state index contributed by atoms with van der Waals surface area (Å²) >= 11 is 1.86. The van der Waals surface area contributed by atoms with Crippen LogP contribution in [0.5, 0.6) is 0 Å². The number of furan rings is 2. The summed E-state index contributed by atoms with van der Waals surface area (Å²) in [6, 6.07) is 144. The van der Waals surface area contributed by atoms with Crippen molar-refractivity contribution in [3.05, 3.63) is 400 Å². The van der Waals surface area contributed by atoms with Gasteiger partial charge < -0.3 is 36.2 Å². The minimum Gasteiger partial charge on any atom is -0.456 e.